The van der Waals surface area contributed by atoms with Crippen molar-refractivity contribution in [2.24, 2.45) is 0 Å². The largest absolute Gasteiger partial charge is 0.356 e. The van der Waals surface area contributed by atoms with E-state index in [9.17, 15) is 8.42 Å². The van der Waals surface area contributed by atoms with Crippen LogP contribution in [0.2, 0.25) is 0 Å². The molecule has 0 unspecified atom stereocenters. The second kappa shape index (κ2) is 4.99. The number of thiocarbonyl (C=S) groups is 1. The van der Waals surface area contributed by atoms with E-state index in [4.69, 9.17) is 12.2 Å². The highest BCUT2D eigenvalue weighted by atomic mass is 32.2. The van der Waals surface area contributed by atoms with E-state index in [1.54, 1.807) is 0 Å². The molecule has 1 saturated heterocycles. The van der Waals surface area contributed by atoms with Gasteiger partial charge in [0.15, 0.2) is 20.1 Å². The lowest BCUT2D eigenvalue weighted by atomic mass is 10.0. The van der Waals surface area contributed by atoms with Crippen molar-refractivity contribution < 1.29 is 8.42 Å². The Balaban J connectivity index is 1.98. The Morgan fingerprint density at radius 1 is 1.47 bits per heavy atom. The molecule has 0 radical (unpaired) electrons. The van der Waals surface area contributed by atoms with Crippen LogP contribution < -0.4 is 10.6 Å². The average molecular weight is 319 g/mol. The Labute approximate surface area is 122 Å². The van der Waals surface area contributed by atoms with Gasteiger partial charge in [-0.1, -0.05) is 0 Å². The number of hydrogen-bond donors (Lipinski definition) is 2. The lowest BCUT2D eigenvalue weighted by Crippen LogP contribution is -2.48. The van der Waals surface area contributed by atoms with E-state index in [1.165, 1.54) is 11.3 Å². The monoisotopic (exact) mass is 319 g/mol. The number of thiazole rings is 1. The van der Waals surface area contributed by atoms with Crippen LogP contribution in [0.25, 0.3) is 0 Å². The zero-order valence-corrected chi connectivity index (χ0v) is 13.6. The second-order valence-electron chi connectivity index (χ2n) is 5.14. The molecule has 106 valence electrons. The van der Waals surface area contributed by atoms with Crippen molar-refractivity contribution in [3.05, 3.63) is 10.6 Å². The van der Waals surface area contributed by atoms with Crippen LogP contribution in [0.1, 0.15) is 23.9 Å². The molecule has 0 amide bonds. The summed E-state index contributed by atoms with van der Waals surface area (Å²) < 4.78 is 23.0. The van der Waals surface area contributed by atoms with Crippen molar-refractivity contribution in [3.8, 4) is 0 Å². The van der Waals surface area contributed by atoms with Gasteiger partial charge in [-0.25, -0.2) is 13.4 Å². The first kappa shape index (κ1) is 14.7. The van der Waals surface area contributed by atoms with Crippen LogP contribution in [0, 0.1) is 13.8 Å². The Hall–Kier alpha value is -0.730. The van der Waals surface area contributed by atoms with Crippen LogP contribution in [-0.2, 0) is 9.84 Å². The molecule has 1 aromatic rings. The lowest BCUT2D eigenvalue weighted by molar-refractivity contribution is 0.474. The molecule has 1 atom stereocenters. The van der Waals surface area contributed by atoms with Crippen LogP contribution in [0.4, 0.5) is 5.13 Å². The third kappa shape index (κ3) is 3.64. The van der Waals surface area contributed by atoms with Gasteiger partial charge in [-0.05, 0) is 39.4 Å². The van der Waals surface area contributed by atoms with Crippen molar-refractivity contribution in [1.29, 1.82) is 0 Å². The summed E-state index contributed by atoms with van der Waals surface area (Å²) in [4.78, 5) is 5.48. The standard InChI is InChI=1S/C11H17N3O2S3/c1-7-8(2)18-10(12-7)13-9(17)14-11(3)4-5-19(15,16)6-11/h4-6H2,1-3H3,(H2,12,13,14,17)/t11-/m0/s1. The highest BCUT2D eigenvalue weighted by molar-refractivity contribution is 7.91. The molecule has 0 aliphatic carbocycles. The molecule has 1 aliphatic heterocycles. The first-order valence-electron chi connectivity index (χ1n) is 5.93. The van der Waals surface area contributed by atoms with Crippen molar-refractivity contribution in [1.82, 2.24) is 10.3 Å². The second-order valence-corrected chi connectivity index (χ2v) is 8.94. The number of rotatable bonds is 2. The van der Waals surface area contributed by atoms with Crippen molar-refractivity contribution in [2.45, 2.75) is 32.7 Å². The molecule has 0 bridgehead atoms. The highest BCUT2D eigenvalue weighted by Gasteiger charge is 2.38. The maximum atomic E-state index is 11.5. The molecule has 0 spiro atoms. The van der Waals surface area contributed by atoms with Gasteiger partial charge in [-0.2, -0.15) is 0 Å². The summed E-state index contributed by atoms with van der Waals surface area (Å²) in [5, 5.41) is 7.27. The molecule has 2 rings (SSSR count). The third-order valence-corrected chi connectivity index (χ3v) is 6.26. The van der Waals surface area contributed by atoms with E-state index in [0.717, 1.165) is 15.7 Å². The quantitative estimate of drug-likeness (QED) is 0.807. The van der Waals surface area contributed by atoms with Gasteiger partial charge in [-0.3, -0.25) is 0 Å². The van der Waals surface area contributed by atoms with Crippen molar-refractivity contribution in [2.75, 3.05) is 16.8 Å². The summed E-state index contributed by atoms with van der Waals surface area (Å²) in [5.74, 6) is 0.340. The normalized spacial score (nSPS) is 25.2. The smallest absolute Gasteiger partial charge is 0.189 e. The van der Waals surface area contributed by atoms with Gasteiger partial charge in [0.25, 0.3) is 0 Å². The molecule has 0 saturated carbocycles. The minimum Gasteiger partial charge on any atom is -0.356 e. The van der Waals surface area contributed by atoms with E-state index >= 15 is 0 Å². The number of hydrogen-bond acceptors (Lipinski definition) is 5. The summed E-state index contributed by atoms with van der Waals surface area (Å²) >= 11 is 6.75. The summed E-state index contributed by atoms with van der Waals surface area (Å²) in [6.07, 6.45) is 0.576. The molecule has 1 fully saturated rings. The first-order chi connectivity index (χ1) is 8.69. The van der Waals surface area contributed by atoms with Crippen LogP contribution in [-0.4, -0.2) is 35.6 Å². The fourth-order valence-electron chi connectivity index (χ4n) is 2.04. The zero-order chi connectivity index (χ0) is 14.3. The number of sulfone groups is 1. The Morgan fingerprint density at radius 3 is 2.63 bits per heavy atom. The average Bonchev–Trinajstić information content (AvgIpc) is 2.67. The Kier molecular flexibility index (Phi) is 3.85. The van der Waals surface area contributed by atoms with Crippen LogP contribution in [0.3, 0.4) is 0 Å². The molecule has 1 aromatic heterocycles. The van der Waals surface area contributed by atoms with E-state index < -0.39 is 15.4 Å². The number of nitrogens with one attached hydrogen (secondary N) is 2. The zero-order valence-electron chi connectivity index (χ0n) is 11.1. The molecule has 5 nitrogen and oxygen atoms in total. The minimum atomic E-state index is -2.94. The Bertz CT molecular complexity index is 589. The van der Waals surface area contributed by atoms with Gasteiger partial charge in [0.05, 0.1) is 22.7 Å². The number of nitrogens with zero attached hydrogens (tertiary/aromatic N) is 1. The molecule has 1 aliphatic rings. The topological polar surface area (TPSA) is 71.1 Å². The van der Waals surface area contributed by atoms with Gasteiger partial charge in [0.1, 0.15) is 0 Å². The van der Waals surface area contributed by atoms with E-state index in [1.807, 2.05) is 20.8 Å². The maximum absolute atomic E-state index is 11.5. The predicted molar refractivity (Wildman–Crippen MR) is 82.6 cm³/mol. The molecule has 8 heteroatoms. The van der Waals surface area contributed by atoms with Gasteiger partial charge >= 0.3 is 0 Å². The molecule has 2 heterocycles. The third-order valence-electron chi connectivity index (χ3n) is 3.17. The molecule has 19 heavy (non-hydrogen) atoms. The van der Waals surface area contributed by atoms with E-state index in [-0.39, 0.29) is 11.5 Å². The lowest BCUT2D eigenvalue weighted by Gasteiger charge is -2.25. The number of aromatic nitrogens is 1. The van der Waals surface area contributed by atoms with Crippen molar-refractivity contribution in [3.63, 3.8) is 0 Å². The van der Waals surface area contributed by atoms with Gasteiger partial charge in [0.2, 0.25) is 0 Å². The van der Waals surface area contributed by atoms with Crippen LogP contribution in [0.5, 0.6) is 0 Å². The number of aryl methyl sites for hydroxylation is 2. The first-order valence-corrected chi connectivity index (χ1v) is 8.97. The molecular weight excluding hydrogens is 302 g/mol. The fourth-order valence-corrected chi connectivity index (χ4v) is 5.36. The fraction of sp³-hybridized carbons (Fsp3) is 0.636. The summed E-state index contributed by atoms with van der Waals surface area (Å²) in [5.41, 5.74) is 0.495. The molecule has 0 aromatic carbocycles. The Morgan fingerprint density at radius 2 is 2.16 bits per heavy atom. The minimum absolute atomic E-state index is 0.123. The van der Waals surface area contributed by atoms with Gasteiger partial charge in [0, 0.05) is 4.88 Å². The highest BCUT2D eigenvalue weighted by Crippen LogP contribution is 2.24. The molecular formula is C11H17N3O2S3. The number of anilines is 1. The van der Waals surface area contributed by atoms with Gasteiger partial charge < -0.3 is 10.6 Å². The maximum Gasteiger partial charge on any atom is 0.189 e. The SMILES string of the molecule is Cc1nc(NC(=S)N[C@@]2(C)CCS(=O)(=O)C2)sc1C. The van der Waals surface area contributed by atoms with Crippen LogP contribution >= 0.6 is 23.6 Å². The van der Waals surface area contributed by atoms with E-state index in [0.29, 0.717) is 11.5 Å². The summed E-state index contributed by atoms with van der Waals surface area (Å²) in [6.45, 7) is 5.82. The summed E-state index contributed by atoms with van der Waals surface area (Å²) in [6, 6.07) is 0. The van der Waals surface area contributed by atoms with Crippen molar-refractivity contribution >= 4 is 43.6 Å². The van der Waals surface area contributed by atoms with Gasteiger partial charge in [-0.15, -0.1) is 11.3 Å². The van der Waals surface area contributed by atoms with Crippen LogP contribution in [0.15, 0.2) is 0 Å². The predicted octanol–water partition coefficient (Wildman–Crippen LogP) is 1.62. The van der Waals surface area contributed by atoms with E-state index in [2.05, 4.69) is 15.6 Å². The summed E-state index contributed by atoms with van der Waals surface area (Å²) in [7, 11) is -2.94. The molecule has 2 N–H and O–H groups in total.